The van der Waals surface area contributed by atoms with E-state index in [9.17, 15) is 9.00 Å². The molecule has 0 amide bonds. The fraction of sp³-hybridized carbons (Fsp3) is 0.357. The molecule has 18 heavy (non-hydrogen) atoms. The first-order valence-electron chi connectivity index (χ1n) is 5.77. The molecule has 4 heteroatoms. The minimum atomic E-state index is -1.37. The molecule has 2 atom stereocenters. The predicted octanol–water partition coefficient (Wildman–Crippen LogP) is 3.29. The number of benzene rings is 1. The van der Waals surface area contributed by atoms with Gasteiger partial charge in [0.15, 0.2) is 9.99 Å². The van der Waals surface area contributed by atoms with Crippen molar-refractivity contribution >= 4 is 28.2 Å². The number of rotatable bonds is 2. The number of ketones is 1. The van der Waals surface area contributed by atoms with Crippen molar-refractivity contribution < 1.29 is 9.00 Å². The Morgan fingerprint density at radius 2 is 1.83 bits per heavy atom. The summed E-state index contributed by atoms with van der Waals surface area (Å²) < 4.78 is 10.9. The maximum absolute atomic E-state index is 12.4. The van der Waals surface area contributed by atoms with Crippen LogP contribution in [0.25, 0.3) is 0 Å². The van der Waals surface area contributed by atoms with Gasteiger partial charge in [0.05, 0.1) is 10.8 Å². The smallest absolute Gasteiger partial charge is 0.196 e. The molecule has 0 unspecified atom stereocenters. The number of Topliss-reactive ketones (excluding diaryl/α,β-unsaturated/α-hetero) is 1. The van der Waals surface area contributed by atoms with Crippen LogP contribution in [0.15, 0.2) is 41.5 Å². The molecule has 1 heterocycles. The molecule has 1 aromatic rings. The third kappa shape index (κ3) is 2.29. The molecule has 96 valence electrons. The van der Waals surface area contributed by atoms with Gasteiger partial charge in [-0.25, -0.2) is 0 Å². The quantitative estimate of drug-likeness (QED) is 0.474. The highest BCUT2D eigenvalue weighted by Crippen LogP contribution is 2.37. The van der Waals surface area contributed by atoms with E-state index in [4.69, 9.17) is 11.6 Å². The Bertz CT molecular complexity index is 536. The van der Waals surface area contributed by atoms with Gasteiger partial charge in [0.1, 0.15) is 0 Å². The number of alkyl halides is 1. The highest BCUT2D eigenvalue weighted by molar-refractivity contribution is 7.89. The van der Waals surface area contributed by atoms with Crippen LogP contribution in [0.5, 0.6) is 0 Å². The van der Waals surface area contributed by atoms with Crippen molar-refractivity contribution in [3.05, 3.63) is 47.0 Å². The molecule has 1 aromatic carbocycles. The molecule has 0 aromatic heterocycles. The van der Waals surface area contributed by atoms with Crippen molar-refractivity contribution in [1.82, 2.24) is 0 Å². The molecule has 0 saturated carbocycles. The summed E-state index contributed by atoms with van der Waals surface area (Å²) in [6.07, 6.45) is 0.362. The second-order valence-corrected chi connectivity index (χ2v) is 7.20. The first-order chi connectivity index (χ1) is 8.45. The molecule has 1 aliphatic rings. The van der Waals surface area contributed by atoms with Gasteiger partial charge in [0.25, 0.3) is 0 Å². The summed E-state index contributed by atoms with van der Waals surface area (Å²) in [5.41, 5.74) is 2.66. The minimum Gasteiger partial charge on any atom is -0.291 e. The van der Waals surface area contributed by atoms with Gasteiger partial charge in [-0.1, -0.05) is 53.1 Å². The SMILES string of the molecule is CC1=C(C)C[C@@](Cl)(C(=O)c2ccccc2)[S@@](=O)C1. The zero-order chi connectivity index (χ0) is 13.3. The Balaban J connectivity index is 2.38. The second-order valence-electron chi connectivity index (χ2n) is 4.65. The Hall–Kier alpha value is -0.930. The molecule has 0 spiro atoms. The van der Waals surface area contributed by atoms with Crippen LogP contribution in [-0.4, -0.2) is 20.0 Å². The predicted molar refractivity (Wildman–Crippen MR) is 75.4 cm³/mol. The number of carbonyl (C=O) groups is 1. The van der Waals surface area contributed by atoms with E-state index < -0.39 is 15.0 Å². The number of halogens is 1. The van der Waals surface area contributed by atoms with Crippen LogP contribution < -0.4 is 0 Å². The lowest BCUT2D eigenvalue weighted by Gasteiger charge is -2.30. The van der Waals surface area contributed by atoms with Gasteiger partial charge >= 0.3 is 0 Å². The highest BCUT2D eigenvalue weighted by atomic mass is 35.5. The highest BCUT2D eigenvalue weighted by Gasteiger charge is 2.45. The molecule has 0 bridgehead atoms. The van der Waals surface area contributed by atoms with Crippen LogP contribution in [0.1, 0.15) is 30.6 Å². The van der Waals surface area contributed by atoms with Gasteiger partial charge in [-0.15, -0.1) is 0 Å². The average molecular weight is 283 g/mol. The Morgan fingerprint density at radius 3 is 2.44 bits per heavy atom. The molecular weight excluding hydrogens is 268 g/mol. The zero-order valence-corrected chi connectivity index (χ0v) is 12.0. The second kappa shape index (κ2) is 4.98. The Labute approximate surface area is 114 Å². The van der Waals surface area contributed by atoms with E-state index in [-0.39, 0.29) is 5.78 Å². The number of hydrogen-bond donors (Lipinski definition) is 0. The first-order valence-corrected chi connectivity index (χ1v) is 7.47. The van der Waals surface area contributed by atoms with Gasteiger partial charge in [-0.3, -0.25) is 9.00 Å². The van der Waals surface area contributed by atoms with E-state index in [1.807, 2.05) is 19.9 Å². The Kier molecular flexibility index (Phi) is 3.74. The first kappa shape index (κ1) is 13.5. The lowest BCUT2D eigenvalue weighted by Crippen LogP contribution is -2.41. The van der Waals surface area contributed by atoms with Crippen molar-refractivity contribution in [3.8, 4) is 0 Å². The molecule has 1 aliphatic heterocycles. The largest absolute Gasteiger partial charge is 0.291 e. The van der Waals surface area contributed by atoms with Crippen molar-refractivity contribution in [1.29, 1.82) is 0 Å². The number of carbonyl (C=O) groups excluding carboxylic acids is 1. The molecule has 0 saturated heterocycles. The maximum atomic E-state index is 12.4. The lowest BCUT2D eigenvalue weighted by molar-refractivity contribution is 0.0973. The van der Waals surface area contributed by atoms with E-state index >= 15 is 0 Å². The molecule has 0 aliphatic carbocycles. The molecule has 2 rings (SSSR count). The maximum Gasteiger partial charge on any atom is 0.196 e. The van der Waals surface area contributed by atoms with Crippen LogP contribution >= 0.6 is 11.6 Å². The van der Waals surface area contributed by atoms with E-state index in [2.05, 4.69) is 0 Å². The van der Waals surface area contributed by atoms with Crippen LogP contribution in [0.2, 0.25) is 0 Å². The topological polar surface area (TPSA) is 34.1 Å². The summed E-state index contributed by atoms with van der Waals surface area (Å²) in [5, 5.41) is 0. The molecule has 0 radical (unpaired) electrons. The Morgan fingerprint density at radius 1 is 1.22 bits per heavy atom. The van der Waals surface area contributed by atoms with Gasteiger partial charge < -0.3 is 0 Å². The van der Waals surface area contributed by atoms with E-state index in [0.29, 0.717) is 17.7 Å². The summed E-state index contributed by atoms with van der Waals surface area (Å²) >= 11 is 6.39. The summed E-state index contributed by atoms with van der Waals surface area (Å²) in [5.74, 6) is 0.142. The fourth-order valence-electron chi connectivity index (χ4n) is 2.00. The summed E-state index contributed by atoms with van der Waals surface area (Å²) in [7, 11) is -1.37. The van der Waals surface area contributed by atoms with Gasteiger partial charge in [0, 0.05) is 17.7 Å². The van der Waals surface area contributed by atoms with Crippen molar-refractivity contribution in [2.45, 2.75) is 24.5 Å². The monoisotopic (exact) mass is 282 g/mol. The van der Waals surface area contributed by atoms with Gasteiger partial charge in [-0.2, -0.15) is 0 Å². The van der Waals surface area contributed by atoms with Crippen molar-refractivity contribution in [2.75, 3.05) is 5.75 Å². The summed E-state index contributed by atoms with van der Waals surface area (Å²) in [6.45, 7) is 3.89. The van der Waals surface area contributed by atoms with Crippen LogP contribution in [-0.2, 0) is 10.8 Å². The minimum absolute atomic E-state index is 0.241. The molecule has 0 fully saturated rings. The van der Waals surface area contributed by atoms with Crippen molar-refractivity contribution in [2.24, 2.45) is 0 Å². The average Bonchev–Trinajstić information content (AvgIpc) is 2.37. The summed E-state index contributed by atoms with van der Waals surface area (Å²) in [6, 6.07) is 8.83. The lowest BCUT2D eigenvalue weighted by atomic mass is 9.99. The number of allylic oxidation sites excluding steroid dienone is 1. The number of hydrogen-bond acceptors (Lipinski definition) is 2. The molecule has 2 nitrogen and oxygen atoms in total. The summed E-state index contributed by atoms with van der Waals surface area (Å²) in [4.78, 5) is 12.4. The normalized spacial score (nSPS) is 28.3. The van der Waals surface area contributed by atoms with Crippen molar-refractivity contribution in [3.63, 3.8) is 0 Å². The molecule has 0 N–H and O–H groups in total. The third-order valence-electron chi connectivity index (χ3n) is 3.30. The van der Waals surface area contributed by atoms with Gasteiger partial charge in [0.2, 0.25) is 0 Å². The molecular formula is C14H15ClO2S. The zero-order valence-electron chi connectivity index (χ0n) is 10.4. The van der Waals surface area contributed by atoms with Crippen LogP contribution in [0, 0.1) is 0 Å². The van der Waals surface area contributed by atoms with Crippen LogP contribution in [0.3, 0.4) is 0 Å². The van der Waals surface area contributed by atoms with E-state index in [0.717, 1.165) is 11.1 Å². The van der Waals surface area contributed by atoms with E-state index in [1.165, 1.54) is 0 Å². The van der Waals surface area contributed by atoms with E-state index in [1.54, 1.807) is 24.3 Å². The standard InChI is InChI=1S/C14H15ClO2S/c1-10-8-14(15,18(17)9-11(10)2)13(16)12-6-4-3-5-7-12/h3-7H,8-9H2,1-2H3/t14-,18-/m0/s1. The fourth-order valence-corrected chi connectivity index (χ4v) is 4.04. The van der Waals surface area contributed by atoms with Gasteiger partial charge in [-0.05, 0) is 13.8 Å². The van der Waals surface area contributed by atoms with Crippen LogP contribution in [0.4, 0.5) is 0 Å². The third-order valence-corrected chi connectivity index (χ3v) is 5.87.